The summed E-state index contributed by atoms with van der Waals surface area (Å²) < 4.78 is 5.54. The Bertz CT molecular complexity index is 758. The zero-order chi connectivity index (χ0) is 20.8. The predicted octanol–water partition coefficient (Wildman–Crippen LogP) is 1.95. The highest BCUT2D eigenvalue weighted by Crippen LogP contribution is 2.35. The molecular formula is C24H33N3O3. The van der Waals surface area contributed by atoms with Crippen LogP contribution in [0.2, 0.25) is 0 Å². The molecule has 162 valence electrons. The Morgan fingerprint density at radius 1 is 1.03 bits per heavy atom. The van der Waals surface area contributed by atoms with E-state index in [1.807, 2.05) is 30.3 Å². The molecule has 6 heteroatoms. The number of piperidine rings is 1. The predicted molar refractivity (Wildman–Crippen MR) is 116 cm³/mol. The molecule has 4 rings (SSSR count). The van der Waals surface area contributed by atoms with Gasteiger partial charge in [-0.1, -0.05) is 42.5 Å². The van der Waals surface area contributed by atoms with Crippen molar-refractivity contribution >= 4 is 11.8 Å². The van der Waals surface area contributed by atoms with Gasteiger partial charge in [0.1, 0.15) is 6.04 Å². The summed E-state index contributed by atoms with van der Waals surface area (Å²) in [4.78, 5) is 26.8. The standard InChI is InChI=1S/C24H33N3O3/c28-22-21(16-18-6-2-1-3-7-18)27-23(29)24(11-14-30-15-12-24)10-5-4-8-19-17-25-13-9-20(19)26-22/h1-7,19-21,25H,8-17H2,(H,26,28)(H,27,29)/t19-,20-,21+/m0/s1. The van der Waals surface area contributed by atoms with E-state index in [1.54, 1.807) is 0 Å². The van der Waals surface area contributed by atoms with Crippen LogP contribution >= 0.6 is 0 Å². The zero-order valence-corrected chi connectivity index (χ0v) is 17.6. The summed E-state index contributed by atoms with van der Waals surface area (Å²) in [5, 5.41) is 9.85. The average Bonchev–Trinajstić information content (AvgIpc) is 2.78. The van der Waals surface area contributed by atoms with Gasteiger partial charge in [0.25, 0.3) is 0 Å². The van der Waals surface area contributed by atoms with Crippen LogP contribution in [0.25, 0.3) is 0 Å². The first-order valence-corrected chi connectivity index (χ1v) is 11.2. The number of carbonyl (C=O) groups excluding carboxylic acids is 2. The lowest BCUT2D eigenvalue weighted by atomic mass is 9.75. The molecule has 3 aliphatic heterocycles. The van der Waals surface area contributed by atoms with Crippen LogP contribution in [0.1, 0.15) is 37.7 Å². The Hall–Kier alpha value is -2.18. The summed E-state index contributed by atoms with van der Waals surface area (Å²) in [5.41, 5.74) is 0.556. The second-order valence-electron chi connectivity index (χ2n) is 8.89. The summed E-state index contributed by atoms with van der Waals surface area (Å²) in [7, 11) is 0. The van der Waals surface area contributed by atoms with E-state index in [-0.39, 0.29) is 17.9 Å². The van der Waals surface area contributed by atoms with E-state index in [4.69, 9.17) is 4.74 Å². The molecular weight excluding hydrogens is 378 g/mol. The molecule has 3 N–H and O–H groups in total. The molecule has 0 saturated carbocycles. The average molecular weight is 412 g/mol. The van der Waals surface area contributed by atoms with Gasteiger partial charge in [0.15, 0.2) is 0 Å². The van der Waals surface area contributed by atoms with Gasteiger partial charge in [0.05, 0.1) is 5.41 Å². The fraction of sp³-hybridized carbons (Fsp3) is 0.583. The van der Waals surface area contributed by atoms with Crippen LogP contribution in [-0.2, 0) is 20.7 Å². The minimum absolute atomic E-state index is 0.0195. The minimum Gasteiger partial charge on any atom is -0.381 e. The number of nitrogens with one attached hydrogen (secondary N) is 3. The highest BCUT2D eigenvalue weighted by molar-refractivity contribution is 5.90. The molecule has 1 aromatic carbocycles. The molecule has 30 heavy (non-hydrogen) atoms. The van der Waals surface area contributed by atoms with E-state index in [0.717, 1.165) is 31.5 Å². The number of amides is 2. The summed E-state index contributed by atoms with van der Waals surface area (Å²) in [5.74, 6) is 0.280. The number of benzene rings is 1. The SMILES string of the molecule is O=C1N[C@H]2CCNC[C@@H]2CC=CCC2(CCOCC2)C(=O)N[C@@H]1Cc1ccccc1. The Kier molecular flexibility index (Phi) is 6.85. The lowest BCUT2D eigenvalue weighted by Crippen LogP contribution is -2.57. The van der Waals surface area contributed by atoms with Gasteiger partial charge in [-0.2, -0.15) is 0 Å². The number of carbonyl (C=O) groups is 2. The van der Waals surface area contributed by atoms with Crippen molar-refractivity contribution in [2.45, 2.75) is 50.6 Å². The Morgan fingerprint density at radius 3 is 2.63 bits per heavy atom. The van der Waals surface area contributed by atoms with Crippen molar-refractivity contribution in [2.24, 2.45) is 11.3 Å². The van der Waals surface area contributed by atoms with E-state index in [9.17, 15) is 9.59 Å². The molecule has 2 saturated heterocycles. The molecule has 0 aliphatic carbocycles. The molecule has 1 spiro atoms. The summed E-state index contributed by atoms with van der Waals surface area (Å²) in [6, 6.07) is 9.49. The number of allylic oxidation sites excluding steroid dienone is 2. The molecule has 2 fully saturated rings. The van der Waals surface area contributed by atoms with Crippen molar-refractivity contribution in [1.82, 2.24) is 16.0 Å². The van der Waals surface area contributed by atoms with Gasteiger partial charge >= 0.3 is 0 Å². The molecule has 0 unspecified atom stereocenters. The lowest BCUT2D eigenvalue weighted by molar-refractivity contribution is -0.140. The maximum Gasteiger partial charge on any atom is 0.243 e. The number of ether oxygens (including phenoxy) is 1. The van der Waals surface area contributed by atoms with Crippen molar-refractivity contribution in [3.63, 3.8) is 0 Å². The van der Waals surface area contributed by atoms with Crippen LogP contribution in [-0.4, -0.2) is 50.2 Å². The highest BCUT2D eigenvalue weighted by Gasteiger charge is 2.41. The van der Waals surface area contributed by atoms with Gasteiger partial charge < -0.3 is 20.7 Å². The van der Waals surface area contributed by atoms with Gasteiger partial charge in [-0.3, -0.25) is 9.59 Å². The number of hydrogen-bond donors (Lipinski definition) is 3. The second kappa shape index (κ2) is 9.75. The molecule has 2 amide bonds. The van der Waals surface area contributed by atoms with Gasteiger partial charge in [-0.25, -0.2) is 0 Å². The maximum atomic E-state index is 13.4. The number of rotatable bonds is 2. The first kappa shape index (κ1) is 21.1. The van der Waals surface area contributed by atoms with Crippen LogP contribution in [0.3, 0.4) is 0 Å². The van der Waals surface area contributed by atoms with Gasteiger partial charge in [-0.15, -0.1) is 0 Å². The maximum absolute atomic E-state index is 13.4. The van der Waals surface area contributed by atoms with Crippen LogP contribution in [0.5, 0.6) is 0 Å². The van der Waals surface area contributed by atoms with Crippen molar-refractivity contribution in [2.75, 3.05) is 26.3 Å². The van der Waals surface area contributed by atoms with Gasteiger partial charge in [-0.05, 0) is 50.1 Å². The van der Waals surface area contributed by atoms with E-state index in [2.05, 4.69) is 28.1 Å². The van der Waals surface area contributed by atoms with Gasteiger partial charge in [0, 0.05) is 32.2 Å². The zero-order valence-electron chi connectivity index (χ0n) is 17.6. The third-order valence-electron chi connectivity index (χ3n) is 6.89. The molecule has 3 aliphatic rings. The third-order valence-corrected chi connectivity index (χ3v) is 6.89. The molecule has 6 nitrogen and oxygen atoms in total. The largest absolute Gasteiger partial charge is 0.381 e. The topological polar surface area (TPSA) is 79.5 Å². The Balaban J connectivity index is 1.61. The summed E-state index contributed by atoms with van der Waals surface area (Å²) >= 11 is 0. The fourth-order valence-electron chi connectivity index (χ4n) is 4.88. The number of hydrogen-bond acceptors (Lipinski definition) is 4. The molecule has 0 bridgehead atoms. The second-order valence-corrected chi connectivity index (χ2v) is 8.89. The summed E-state index contributed by atoms with van der Waals surface area (Å²) in [6.07, 6.45) is 8.78. The molecule has 3 heterocycles. The monoisotopic (exact) mass is 411 g/mol. The molecule has 0 radical (unpaired) electrons. The van der Waals surface area contributed by atoms with E-state index in [0.29, 0.717) is 44.8 Å². The molecule has 3 atom stereocenters. The van der Waals surface area contributed by atoms with Crippen LogP contribution in [0.4, 0.5) is 0 Å². The molecule has 0 aromatic heterocycles. The van der Waals surface area contributed by atoms with Crippen LogP contribution in [0.15, 0.2) is 42.5 Å². The van der Waals surface area contributed by atoms with Crippen molar-refractivity contribution in [3.8, 4) is 0 Å². The fourth-order valence-corrected chi connectivity index (χ4v) is 4.88. The van der Waals surface area contributed by atoms with Crippen LogP contribution < -0.4 is 16.0 Å². The quantitative estimate of drug-likeness (QED) is 0.650. The smallest absolute Gasteiger partial charge is 0.243 e. The van der Waals surface area contributed by atoms with Crippen molar-refractivity contribution < 1.29 is 14.3 Å². The van der Waals surface area contributed by atoms with E-state index < -0.39 is 11.5 Å². The third kappa shape index (κ3) is 4.93. The normalized spacial score (nSPS) is 29.8. The Morgan fingerprint density at radius 2 is 1.83 bits per heavy atom. The minimum atomic E-state index is -0.571. The van der Waals surface area contributed by atoms with Crippen molar-refractivity contribution in [1.29, 1.82) is 0 Å². The van der Waals surface area contributed by atoms with E-state index in [1.165, 1.54) is 0 Å². The first-order valence-electron chi connectivity index (χ1n) is 11.2. The van der Waals surface area contributed by atoms with Crippen LogP contribution in [0, 0.1) is 11.3 Å². The Labute approximate surface area is 178 Å². The lowest BCUT2D eigenvalue weighted by Gasteiger charge is -2.38. The van der Waals surface area contributed by atoms with Crippen molar-refractivity contribution in [3.05, 3.63) is 48.0 Å². The van der Waals surface area contributed by atoms with Gasteiger partial charge in [0.2, 0.25) is 11.8 Å². The highest BCUT2D eigenvalue weighted by atomic mass is 16.5. The number of fused-ring (bicyclic) bond motifs is 1. The molecule has 1 aromatic rings. The first-order chi connectivity index (χ1) is 14.7. The summed E-state index contributed by atoms with van der Waals surface area (Å²) in [6.45, 7) is 2.99. The van der Waals surface area contributed by atoms with E-state index >= 15 is 0 Å².